The van der Waals surface area contributed by atoms with E-state index in [-0.39, 0.29) is 11.5 Å². The van der Waals surface area contributed by atoms with Crippen molar-refractivity contribution in [2.75, 3.05) is 6.61 Å². The highest BCUT2D eigenvalue weighted by Crippen LogP contribution is 2.48. The minimum Gasteiger partial charge on any atom is -0.390 e. The third-order valence-corrected chi connectivity index (χ3v) is 4.73. The summed E-state index contributed by atoms with van der Waals surface area (Å²) < 4.78 is 5.94. The number of hydrogen-bond donors (Lipinski definition) is 1. The highest BCUT2D eigenvalue weighted by atomic mass is 16.5. The van der Waals surface area contributed by atoms with Gasteiger partial charge in [0, 0.05) is 6.42 Å². The minimum absolute atomic E-state index is 0.0730. The number of hydrogen-bond acceptors (Lipinski definition) is 2. The summed E-state index contributed by atoms with van der Waals surface area (Å²) in [5.74, 6) is 0. The molecule has 0 saturated heterocycles. The van der Waals surface area contributed by atoms with E-state index in [9.17, 15) is 5.11 Å². The summed E-state index contributed by atoms with van der Waals surface area (Å²) >= 11 is 0. The van der Waals surface area contributed by atoms with Gasteiger partial charge in [-0.1, -0.05) is 38.1 Å². The second-order valence-corrected chi connectivity index (χ2v) is 7.08. The standard InChI is InChI=1S/C17H24O2/c1-16(2)8-9-17(18,12-16)11-15-14-6-4-3-5-13(14)7-10-19-15/h3-6,15,18H,7-12H2,1-2H3. The van der Waals surface area contributed by atoms with Crippen LogP contribution >= 0.6 is 0 Å². The molecule has 2 nitrogen and oxygen atoms in total. The summed E-state index contributed by atoms with van der Waals surface area (Å²) in [6.07, 6.45) is 4.72. The van der Waals surface area contributed by atoms with Gasteiger partial charge in [-0.2, -0.15) is 0 Å². The van der Waals surface area contributed by atoms with Gasteiger partial charge in [0.2, 0.25) is 0 Å². The topological polar surface area (TPSA) is 29.5 Å². The molecule has 2 heteroatoms. The van der Waals surface area contributed by atoms with Crippen molar-refractivity contribution < 1.29 is 9.84 Å². The maximum absolute atomic E-state index is 10.8. The molecule has 0 amide bonds. The van der Waals surface area contributed by atoms with Gasteiger partial charge in [-0.25, -0.2) is 0 Å². The van der Waals surface area contributed by atoms with Crippen molar-refractivity contribution in [3.05, 3.63) is 35.4 Å². The molecule has 1 aliphatic carbocycles. The van der Waals surface area contributed by atoms with E-state index in [1.54, 1.807) is 0 Å². The summed E-state index contributed by atoms with van der Waals surface area (Å²) in [6.45, 7) is 5.28. The Balaban J connectivity index is 1.78. The van der Waals surface area contributed by atoms with Crippen LogP contribution in [0.15, 0.2) is 24.3 Å². The van der Waals surface area contributed by atoms with Gasteiger partial charge in [-0.05, 0) is 42.2 Å². The lowest BCUT2D eigenvalue weighted by molar-refractivity contribution is -0.0467. The van der Waals surface area contributed by atoms with Crippen LogP contribution in [0.5, 0.6) is 0 Å². The fourth-order valence-corrected chi connectivity index (χ4v) is 3.80. The van der Waals surface area contributed by atoms with Gasteiger partial charge in [-0.3, -0.25) is 0 Å². The molecule has 0 bridgehead atoms. The van der Waals surface area contributed by atoms with Crippen LogP contribution < -0.4 is 0 Å². The van der Waals surface area contributed by atoms with Crippen LogP contribution in [0.3, 0.4) is 0 Å². The Morgan fingerprint density at radius 2 is 2.05 bits per heavy atom. The van der Waals surface area contributed by atoms with Gasteiger partial charge in [0.25, 0.3) is 0 Å². The normalized spacial score (nSPS) is 33.1. The highest BCUT2D eigenvalue weighted by Gasteiger charge is 2.43. The van der Waals surface area contributed by atoms with Crippen LogP contribution in [0, 0.1) is 5.41 Å². The molecule has 0 spiro atoms. The molecule has 2 unspecified atom stereocenters. The van der Waals surface area contributed by atoms with Gasteiger partial charge in [0.05, 0.1) is 18.3 Å². The summed E-state index contributed by atoms with van der Waals surface area (Å²) in [5.41, 5.74) is 2.40. The molecule has 1 fully saturated rings. The quantitative estimate of drug-likeness (QED) is 0.880. The Morgan fingerprint density at radius 3 is 2.79 bits per heavy atom. The first-order valence-electron chi connectivity index (χ1n) is 7.39. The first-order valence-corrected chi connectivity index (χ1v) is 7.39. The predicted octanol–water partition coefficient (Wildman–Crippen LogP) is 3.63. The zero-order chi connectivity index (χ0) is 13.5. The van der Waals surface area contributed by atoms with E-state index in [0.29, 0.717) is 0 Å². The Bertz CT molecular complexity index is 466. The lowest BCUT2D eigenvalue weighted by Gasteiger charge is -2.33. The molecule has 19 heavy (non-hydrogen) atoms. The summed E-state index contributed by atoms with van der Waals surface area (Å²) in [7, 11) is 0. The fourth-order valence-electron chi connectivity index (χ4n) is 3.80. The molecule has 3 rings (SSSR count). The lowest BCUT2D eigenvalue weighted by atomic mass is 9.84. The van der Waals surface area contributed by atoms with Gasteiger partial charge < -0.3 is 9.84 Å². The molecule has 104 valence electrons. The van der Waals surface area contributed by atoms with Crippen LogP contribution in [-0.4, -0.2) is 17.3 Å². The Morgan fingerprint density at radius 1 is 1.26 bits per heavy atom. The van der Waals surface area contributed by atoms with Crippen molar-refractivity contribution in [1.82, 2.24) is 0 Å². The van der Waals surface area contributed by atoms with Crippen molar-refractivity contribution >= 4 is 0 Å². The van der Waals surface area contributed by atoms with Crippen molar-refractivity contribution in [2.45, 2.75) is 57.7 Å². The number of ether oxygens (including phenoxy) is 1. The lowest BCUT2D eigenvalue weighted by Crippen LogP contribution is -2.31. The Labute approximate surface area is 115 Å². The maximum atomic E-state index is 10.8. The average Bonchev–Trinajstić information content (AvgIpc) is 2.64. The number of aliphatic hydroxyl groups is 1. The molecule has 1 aromatic carbocycles. The van der Waals surface area contributed by atoms with Crippen molar-refractivity contribution in [3.8, 4) is 0 Å². The second-order valence-electron chi connectivity index (χ2n) is 7.08. The molecule has 2 atom stereocenters. The molecule has 0 aromatic heterocycles. The third kappa shape index (κ3) is 2.70. The van der Waals surface area contributed by atoms with Crippen molar-refractivity contribution in [2.24, 2.45) is 5.41 Å². The van der Waals surface area contributed by atoms with Crippen LogP contribution in [0.4, 0.5) is 0 Å². The molecular formula is C17H24O2. The van der Waals surface area contributed by atoms with Gasteiger partial charge >= 0.3 is 0 Å². The van der Waals surface area contributed by atoms with Crippen LogP contribution in [0.25, 0.3) is 0 Å². The SMILES string of the molecule is CC1(C)CCC(O)(CC2OCCc3ccccc32)C1. The third-order valence-electron chi connectivity index (χ3n) is 4.73. The first-order chi connectivity index (χ1) is 8.98. The number of rotatable bonds is 2. The first kappa shape index (κ1) is 13.1. The van der Waals surface area contributed by atoms with E-state index in [2.05, 4.69) is 38.1 Å². The molecule has 1 saturated carbocycles. The zero-order valence-electron chi connectivity index (χ0n) is 12.0. The maximum Gasteiger partial charge on any atom is 0.0855 e. The molecule has 2 aliphatic rings. The summed E-state index contributed by atoms with van der Waals surface area (Å²) in [6, 6.07) is 8.51. The fraction of sp³-hybridized carbons (Fsp3) is 0.647. The smallest absolute Gasteiger partial charge is 0.0855 e. The van der Waals surface area contributed by atoms with E-state index in [1.165, 1.54) is 11.1 Å². The number of benzene rings is 1. The largest absolute Gasteiger partial charge is 0.390 e. The molecule has 1 aromatic rings. The van der Waals surface area contributed by atoms with Crippen molar-refractivity contribution in [1.29, 1.82) is 0 Å². The molecular weight excluding hydrogens is 236 g/mol. The Kier molecular flexibility index (Phi) is 3.18. The monoisotopic (exact) mass is 260 g/mol. The van der Waals surface area contributed by atoms with E-state index in [0.717, 1.165) is 38.7 Å². The highest BCUT2D eigenvalue weighted by molar-refractivity contribution is 5.31. The van der Waals surface area contributed by atoms with E-state index in [4.69, 9.17) is 4.74 Å². The van der Waals surface area contributed by atoms with Crippen LogP contribution in [-0.2, 0) is 11.2 Å². The van der Waals surface area contributed by atoms with E-state index in [1.807, 2.05) is 0 Å². The Hall–Kier alpha value is -0.860. The summed E-state index contributed by atoms with van der Waals surface area (Å²) in [4.78, 5) is 0. The molecule has 1 aliphatic heterocycles. The van der Waals surface area contributed by atoms with Gasteiger partial charge in [0.15, 0.2) is 0 Å². The zero-order valence-corrected chi connectivity index (χ0v) is 12.0. The van der Waals surface area contributed by atoms with Gasteiger partial charge in [-0.15, -0.1) is 0 Å². The van der Waals surface area contributed by atoms with E-state index < -0.39 is 5.60 Å². The number of fused-ring (bicyclic) bond motifs is 1. The molecule has 1 N–H and O–H groups in total. The average molecular weight is 260 g/mol. The van der Waals surface area contributed by atoms with Crippen molar-refractivity contribution in [3.63, 3.8) is 0 Å². The van der Waals surface area contributed by atoms with E-state index >= 15 is 0 Å². The van der Waals surface area contributed by atoms with Crippen LogP contribution in [0.2, 0.25) is 0 Å². The predicted molar refractivity (Wildman–Crippen MR) is 76.0 cm³/mol. The molecule has 1 heterocycles. The van der Waals surface area contributed by atoms with Crippen LogP contribution in [0.1, 0.15) is 56.8 Å². The second kappa shape index (κ2) is 4.60. The molecule has 0 radical (unpaired) electrons. The van der Waals surface area contributed by atoms with Gasteiger partial charge in [0.1, 0.15) is 0 Å². The summed E-state index contributed by atoms with van der Waals surface area (Å²) in [5, 5.41) is 10.8. The minimum atomic E-state index is -0.543.